The number of nitrogens with one attached hydrogen (secondary N) is 1. The second-order valence-electron chi connectivity index (χ2n) is 5.36. The van der Waals surface area contributed by atoms with Gasteiger partial charge in [0.05, 0.1) is 5.75 Å². The summed E-state index contributed by atoms with van der Waals surface area (Å²) in [5.41, 5.74) is 2.49. The number of rotatable bonds is 9. The van der Waals surface area contributed by atoms with E-state index in [0.29, 0.717) is 6.54 Å². The quantitative estimate of drug-likeness (QED) is 0.705. The van der Waals surface area contributed by atoms with E-state index < -0.39 is 9.84 Å². The van der Waals surface area contributed by atoms with Gasteiger partial charge >= 0.3 is 0 Å². The average molecular weight is 298 g/mol. The van der Waals surface area contributed by atoms with Crippen molar-refractivity contribution in [1.82, 2.24) is 10.2 Å². The Morgan fingerprint density at radius 1 is 1.15 bits per heavy atom. The van der Waals surface area contributed by atoms with Crippen LogP contribution in [0.1, 0.15) is 24.5 Å². The third-order valence-corrected chi connectivity index (χ3v) is 4.00. The molecule has 0 fully saturated rings. The second kappa shape index (κ2) is 8.39. The molecule has 0 bridgehead atoms. The Morgan fingerprint density at radius 2 is 1.75 bits per heavy atom. The van der Waals surface area contributed by atoms with Crippen molar-refractivity contribution in [2.75, 3.05) is 32.1 Å². The predicted octanol–water partition coefficient (Wildman–Crippen LogP) is 1.66. The SMILES string of the molecule is CCCNCc1ccc(CN(C)CCS(C)(=O)=O)cc1. The minimum Gasteiger partial charge on any atom is -0.313 e. The zero-order valence-electron chi connectivity index (χ0n) is 12.7. The first kappa shape index (κ1) is 17.1. The molecule has 0 heterocycles. The number of hydrogen-bond donors (Lipinski definition) is 1. The average Bonchev–Trinajstić information content (AvgIpc) is 2.38. The van der Waals surface area contributed by atoms with E-state index in [1.807, 2.05) is 11.9 Å². The smallest absolute Gasteiger partial charge is 0.148 e. The van der Waals surface area contributed by atoms with Crippen molar-refractivity contribution in [2.45, 2.75) is 26.4 Å². The van der Waals surface area contributed by atoms with Crippen molar-refractivity contribution < 1.29 is 8.42 Å². The maximum atomic E-state index is 11.1. The first-order valence-electron chi connectivity index (χ1n) is 7.05. The number of nitrogens with zero attached hydrogens (tertiary/aromatic N) is 1. The van der Waals surface area contributed by atoms with Gasteiger partial charge in [-0.15, -0.1) is 0 Å². The molecule has 0 spiro atoms. The molecule has 0 saturated heterocycles. The molecule has 0 saturated carbocycles. The summed E-state index contributed by atoms with van der Waals surface area (Å²) in [5, 5.41) is 3.37. The molecule has 0 unspecified atom stereocenters. The normalized spacial score (nSPS) is 12.0. The van der Waals surface area contributed by atoms with Crippen LogP contribution in [-0.4, -0.2) is 45.5 Å². The Hall–Kier alpha value is -0.910. The minimum absolute atomic E-state index is 0.211. The summed E-state index contributed by atoms with van der Waals surface area (Å²) in [6.07, 6.45) is 2.42. The van der Waals surface area contributed by atoms with Crippen LogP contribution in [0.2, 0.25) is 0 Å². The molecule has 0 aliphatic heterocycles. The van der Waals surface area contributed by atoms with Crippen molar-refractivity contribution >= 4 is 9.84 Å². The van der Waals surface area contributed by atoms with E-state index in [4.69, 9.17) is 0 Å². The van der Waals surface area contributed by atoms with Gasteiger partial charge in [-0.2, -0.15) is 0 Å². The van der Waals surface area contributed by atoms with Crippen LogP contribution in [-0.2, 0) is 22.9 Å². The first-order chi connectivity index (χ1) is 9.40. The van der Waals surface area contributed by atoms with Crippen LogP contribution in [0.5, 0.6) is 0 Å². The third kappa shape index (κ3) is 7.62. The van der Waals surface area contributed by atoms with Crippen LogP contribution in [0, 0.1) is 0 Å². The molecule has 5 heteroatoms. The molecule has 0 aliphatic carbocycles. The van der Waals surface area contributed by atoms with E-state index in [0.717, 1.165) is 26.1 Å². The predicted molar refractivity (Wildman–Crippen MR) is 84.5 cm³/mol. The van der Waals surface area contributed by atoms with Gasteiger partial charge in [-0.3, -0.25) is 0 Å². The van der Waals surface area contributed by atoms with Crippen LogP contribution in [0.15, 0.2) is 24.3 Å². The van der Waals surface area contributed by atoms with Crippen molar-refractivity contribution in [3.8, 4) is 0 Å². The van der Waals surface area contributed by atoms with E-state index in [2.05, 4.69) is 36.5 Å². The van der Waals surface area contributed by atoms with E-state index in [1.54, 1.807) is 0 Å². The van der Waals surface area contributed by atoms with Gasteiger partial charge < -0.3 is 10.2 Å². The highest BCUT2D eigenvalue weighted by Crippen LogP contribution is 2.07. The molecule has 0 aromatic heterocycles. The highest BCUT2D eigenvalue weighted by Gasteiger charge is 2.06. The van der Waals surface area contributed by atoms with Gasteiger partial charge in [-0.1, -0.05) is 31.2 Å². The fraction of sp³-hybridized carbons (Fsp3) is 0.600. The molecular formula is C15H26N2O2S. The lowest BCUT2D eigenvalue weighted by molar-refractivity contribution is 0.346. The van der Waals surface area contributed by atoms with E-state index in [-0.39, 0.29) is 5.75 Å². The minimum atomic E-state index is -2.88. The van der Waals surface area contributed by atoms with Gasteiger partial charge in [0.1, 0.15) is 9.84 Å². The fourth-order valence-electron chi connectivity index (χ4n) is 1.88. The molecule has 1 aromatic rings. The summed E-state index contributed by atoms with van der Waals surface area (Å²) in [5.74, 6) is 0.211. The van der Waals surface area contributed by atoms with Gasteiger partial charge in [-0.05, 0) is 31.1 Å². The number of benzene rings is 1. The highest BCUT2D eigenvalue weighted by molar-refractivity contribution is 7.90. The van der Waals surface area contributed by atoms with Gasteiger partial charge in [0, 0.05) is 25.9 Å². The third-order valence-electron chi connectivity index (χ3n) is 3.08. The van der Waals surface area contributed by atoms with Crippen molar-refractivity contribution in [3.05, 3.63) is 35.4 Å². The molecule has 20 heavy (non-hydrogen) atoms. The van der Waals surface area contributed by atoms with Crippen LogP contribution in [0.25, 0.3) is 0 Å². The summed E-state index contributed by atoms with van der Waals surface area (Å²) >= 11 is 0. The lowest BCUT2D eigenvalue weighted by atomic mass is 10.1. The van der Waals surface area contributed by atoms with E-state index in [1.165, 1.54) is 17.4 Å². The molecule has 1 N–H and O–H groups in total. The lowest BCUT2D eigenvalue weighted by Crippen LogP contribution is -2.24. The molecule has 4 nitrogen and oxygen atoms in total. The Morgan fingerprint density at radius 3 is 2.30 bits per heavy atom. The molecule has 0 aliphatic rings. The Bertz CT molecular complexity index is 483. The van der Waals surface area contributed by atoms with Crippen LogP contribution in [0.3, 0.4) is 0 Å². The van der Waals surface area contributed by atoms with Crippen molar-refractivity contribution in [2.24, 2.45) is 0 Å². The molecular weight excluding hydrogens is 272 g/mol. The fourth-order valence-corrected chi connectivity index (χ4v) is 2.53. The maximum Gasteiger partial charge on any atom is 0.148 e. The molecule has 1 aromatic carbocycles. The molecule has 0 amide bonds. The monoisotopic (exact) mass is 298 g/mol. The second-order valence-corrected chi connectivity index (χ2v) is 7.62. The summed E-state index contributed by atoms with van der Waals surface area (Å²) in [7, 11) is -0.935. The maximum absolute atomic E-state index is 11.1. The zero-order chi connectivity index (χ0) is 15.0. The van der Waals surface area contributed by atoms with Crippen LogP contribution in [0.4, 0.5) is 0 Å². The van der Waals surface area contributed by atoms with Crippen molar-refractivity contribution in [1.29, 1.82) is 0 Å². The number of hydrogen-bond acceptors (Lipinski definition) is 4. The molecule has 1 rings (SSSR count). The standard InChI is InChI=1S/C15H26N2O2S/c1-4-9-16-12-14-5-7-15(8-6-14)13-17(2)10-11-20(3,18)19/h5-8,16H,4,9-13H2,1-3H3. The zero-order valence-corrected chi connectivity index (χ0v) is 13.5. The van der Waals surface area contributed by atoms with Crippen LogP contribution >= 0.6 is 0 Å². The summed E-state index contributed by atoms with van der Waals surface area (Å²) < 4.78 is 22.2. The van der Waals surface area contributed by atoms with Gasteiger partial charge in [0.2, 0.25) is 0 Å². The summed E-state index contributed by atoms with van der Waals surface area (Å²) in [6, 6.07) is 8.48. The highest BCUT2D eigenvalue weighted by atomic mass is 32.2. The van der Waals surface area contributed by atoms with E-state index >= 15 is 0 Å². The Kier molecular flexibility index (Phi) is 7.19. The molecule has 0 radical (unpaired) electrons. The topological polar surface area (TPSA) is 49.4 Å². The number of sulfone groups is 1. The van der Waals surface area contributed by atoms with Gasteiger partial charge in [-0.25, -0.2) is 8.42 Å². The van der Waals surface area contributed by atoms with Gasteiger partial charge in [0.15, 0.2) is 0 Å². The summed E-state index contributed by atoms with van der Waals surface area (Å²) in [6.45, 7) is 5.44. The van der Waals surface area contributed by atoms with Crippen LogP contribution < -0.4 is 5.32 Å². The Balaban J connectivity index is 2.40. The molecule has 114 valence electrons. The van der Waals surface area contributed by atoms with E-state index in [9.17, 15) is 8.42 Å². The summed E-state index contributed by atoms with van der Waals surface area (Å²) in [4.78, 5) is 2.03. The largest absolute Gasteiger partial charge is 0.313 e. The lowest BCUT2D eigenvalue weighted by Gasteiger charge is -2.16. The van der Waals surface area contributed by atoms with Gasteiger partial charge in [0.25, 0.3) is 0 Å². The van der Waals surface area contributed by atoms with Crippen molar-refractivity contribution in [3.63, 3.8) is 0 Å². The molecule has 0 atom stereocenters. The first-order valence-corrected chi connectivity index (χ1v) is 9.11. The Labute approximate surface area is 123 Å².